The van der Waals surface area contributed by atoms with E-state index in [0.29, 0.717) is 30.4 Å². The van der Waals surface area contributed by atoms with Crippen molar-refractivity contribution in [2.45, 2.75) is 52.2 Å². The number of sulfonamides is 1. The largest absolute Gasteiger partial charge is 0.496 e. The number of aromatic nitrogens is 1. The molecule has 40 heavy (non-hydrogen) atoms. The third-order valence-corrected chi connectivity index (χ3v) is 8.44. The van der Waals surface area contributed by atoms with Gasteiger partial charge in [-0.2, -0.15) is 0 Å². The van der Waals surface area contributed by atoms with Gasteiger partial charge >= 0.3 is 0 Å². The number of hydrogen-bond donors (Lipinski definition) is 2. The van der Waals surface area contributed by atoms with Gasteiger partial charge in [0.05, 0.1) is 26.6 Å². The fourth-order valence-corrected chi connectivity index (χ4v) is 6.39. The van der Waals surface area contributed by atoms with Gasteiger partial charge in [0.1, 0.15) is 11.5 Å². The van der Waals surface area contributed by atoms with Gasteiger partial charge in [-0.25, -0.2) is 8.42 Å². The van der Waals surface area contributed by atoms with Crippen LogP contribution in [-0.4, -0.2) is 44.5 Å². The molecule has 2 aromatic carbocycles. The van der Waals surface area contributed by atoms with Gasteiger partial charge in [0.2, 0.25) is 15.9 Å². The zero-order chi connectivity index (χ0) is 29.0. The molecule has 9 heteroatoms. The van der Waals surface area contributed by atoms with Crippen LogP contribution in [-0.2, 0) is 40.6 Å². The number of ether oxygens (including phenoxy) is 2. The first kappa shape index (κ1) is 29.7. The summed E-state index contributed by atoms with van der Waals surface area (Å²) >= 11 is 0. The predicted molar refractivity (Wildman–Crippen MR) is 155 cm³/mol. The summed E-state index contributed by atoms with van der Waals surface area (Å²) in [6.07, 6.45) is 7.37. The second-order valence-corrected chi connectivity index (χ2v) is 12.8. The number of methoxy groups -OCH3 is 2. The van der Waals surface area contributed by atoms with E-state index in [1.54, 1.807) is 21.1 Å². The number of fused-ring (bicyclic) bond motifs is 1. The third-order valence-electron chi connectivity index (χ3n) is 7.87. The highest BCUT2D eigenvalue weighted by Crippen LogP contribution is 2.39. The molecule has 0 radical (unpaired) electrons. The number of carbonyl (C=O) groups is 1. The molecule has 0 bridgehead atoms. The molecule has 3 aromatic rings. The molecule has 0 aliphatic heterocycles. The molecule has 1 unspecified atom stereocenters. The van der Waals surface area contributed by atoms with Gasteiger partial charge in [-0.1, -0.05) is 31.2 Å². The molecule has 1 aliphatic carbocycles. The highest BCUT2D eigenvalue weighted by atomic mass is 32.2. The summed E-state index contributed by atoms with van der Waals surface area (Å²) in [5, 5.41) is 11.7. The first-order chi connectivity index (χ1) is 19.0. The maximum Gasteiger partial charge on any atom is 0.236 e. The van der Waals surface area contributed by atoms with E-state index in [4.69, 9.17) is 9.47 Å². The minimum atomic E-state index is -3.60. The summed E-state index contributed by atoms with van der Waals surface area (Å²) in [6, 6.07) is 14.3. The van der Waals surface area contributed by atoms with Crippen molar-refractivity contribution in [3.63, 3.8) is 0 Å². The molecular formula is C31H40N2O6S. The Morgan fingerprint density at radius 1 is 1.10 bits per heavy atom. The van der Waals surface area contributed by atoms with Crippen LogP contribution in [0.2, 0.25) is 0 Å². The minimum absolute atomic E-state index is 0.0948. The highest BCUT2D eigenvalue weighted by molar-refractivity contribution is 7.89. The monoisotopic (exact) mass is 568 g/mol. The second-order valence-electron chi connectivity index (χ2n) is 11.1. The Hall–Kier alpha value is -3.30. The summed E-state index contributed by atoms with van der Waals surface area (Å²) in [7, 11) is -0.372. The van der Waals surface area contributed by atoms with Crippen LogP contribution >= 0.6 is 0 Å². The average Bonchev–Trinajstić information content (AvgIpc) is 3.53. The molecule has 2 N–H and O–H groups in total. The van der Waals surface area contributed by atoms with Gasteiger partial charge in [-0.15, -0.1) is 0 Å². The van der Waals surface area contributed by atoms with E-state index in [0.717, 1.165) is 42.2 Å². The first-order valence-electron chi connectivity index (χ1n) is 13.6. The number of amides is 1. The van der Waals surface area contributed by atoms with Gasteiger partial charge < -0.3 is 19.1 Å². The van der Waals surface area contributed by atoms with E-state index >= 15 is 0 Å². The molecule has 0 saturated carbocycles. The molecule has 0 spiro atoms. The molecule has 1 heterocycles. The second kappa shape index (κ2) is 12.5. The normalized spacial score (nSPS) is 15.8. The van der Waals surface area contributed by atoms with Crippen LogP contribution in [0, 0.1) is 24.7 Å². The summed E-state index contributed by atoms with van der Waals surface area (Å²) in [6.45, 7) is 4.22. The molecule has 4 rings (SSSR count). The lowest BCUT2D eigenvalue weighted by Gasteiger charge is -2.27. The topological polar surface area (TPSA) is 107 Å². The molecule has 0 fully saturated rings. The van der Waals surface area contributed by atoms with Crippen molar-refractivity contribution in [2.24, 2.45) is 17.8 Å². The number of rotatable bonds is 12. The average molecular weight is 569 g/mol. The fourth-order valence-electron chi connectivity index (χ4n) is 5.82. The lowest BCUT2D eigenvalue weighted by molar-refractivity contribution is -0.122. The Morgan fingerprint density at radius 3 is 2.25 bits per heavy atom. The van der Waals surface area contributed by atoms with Crippen molar-refractivity contribution in [1.82, 2.24) is 9.29 Å². The fraction of sp³-hybridized carbons (Fsp3) is 0.452. The van der Waals surface area contributed by atoms with E-state index in [9.17, 15) is 18.3 Å². The predicted octanol–water partition coefficient (Wildman–Crippen LogP) is 4.22. The Bertz CT molecular complexity index is 1400. The highest BCUT2D eigenvalue weighted by Gasteiger charge is 2.30. The van der Waals surface area contributed by atoms with Crippen molar-refractivity contribution in [2.75, 3.05) is 20.5 Å². The zero-order valence-corrected chi connectivity index (χ0v) is 24.7. The number of carbonyl (C=O) groups excluding carboxylic acids is 1. The van der Waals surface area contributed by atoms with E-state index in [1.807, 2.05) is 37.5 Å². The molecule has 216 valence electrons. The quantitative estimate of drug-likeness (QED) is 0.339. The van der Waals surface area contributed by atoms with E-state index in [1.165, 1.54) is 11.1 Å². The van der Waals surface area contributed by atoms with Gasteiger partial charge in [0.15, 0.2) is 0 Å². The maximum atomic E-state index is 12.3. The molecule has 1 amide bonds. The van der Waals surface area contributed by atoms with Crippen molar-refractivity contribution in [1.29, 1.82) is 0 Å². The molecular weight excluding hydrogens is 528 g/mol. The number of nitrogens with zero attached hydrogens (tertiary/aromatic N) is 1. The van der Waals surface area contributed by atoms with Crippen LogP contribution in [0.1, 0.15) is 47.3 Å². The summed E-state index contributed by atoms with van der Waals surface area (Å²) < 4.78 is 38.1. The summed E-state index contributed by atoms with van der Waals surface area (Å²) in [4.78, 5) is 12.3. The number of aliphatic hydroxyl groups is 1. The molecule has 8 nitrogen and oxygen atoms in total. The van der Waals surface area contributed by atoms with Crippen LogP contribution in [0.5, 0.6) is 11.5 Å². The standard InChI is InChI=1S/C31H40N2O6S/c1-20(31(35)32-40(5,36)37)12-22-10-11-33(18-22)19-27(15-23-13-24-8-6-7-9-25(24)14-23)30(34)26-16-28(38-3)21(2)29(17-26)39-4/h6-11,16-18,20,23,27,30,34H,12-15,19H2,1-5H3,(H,32,35)/t20?,27-,30-/m1/s1. The number of benzene rings is 2. The van der Waals surface area contributed by atoms with Crippen molar-refractivity contribution < 1.29 is 27.8 Å². The molecule has 1 aromatic heterocycles. The Morgan fingerprint density at radius 2 is 1.70 bits per heavy atom. The smallest absolute Gasteiger partial charge is 0.236 e. The van der Waals surface area contributed by atoms with Crippen LogP contribution in [0.15, 0.2) is 54.9 Å². The van der Waals surface area contributed by atoms with Crippen molar-refractivity contribution in [3.05, 3.63) is 82.7 Å². The Kier molecular flexibility index (Phi) is 9.26. The van der Waals surface area contributed by atoms with Crippen LogP contribution in [0.4, 0.5) is 0 Å². The van der Waals surface area contributed by atoms with E-state index in [2.05, 4.69) is 33.6 Å². The van der Waals surface area contributed by atoms with Gasteiger partial charge in [-0.05, 0) is 79.0 Å². The lowest BCUT2D eigenvalue weighted by Crippen LogP contribution is -2.34. The minimum Gasteiger partial charge on any atom is -0.496 e. The number of hydrogen-bond acceptors (Lipinski definition) is 6. The maximum absolute atomic E-state index is 12.3. The van der Waals surface area contributed by atoms with E-state index in [-0.39, 0.29) is 5.92 Å². The van der Waals surface area contributed by atoms with Crippen molar-refractivity contribution >= 4 is 15.9 Å². The molecule has 0 saturated heterocycles. The van der Waals surface area contributed by atoms with Crippen LogP contribution in [0.3, 0.4) is 0 Å². The third kappa shape index (κ3) is 7.26. The van der Waals surface area contributed by atoms with Gasteiger partial charge in [0, 0.05) is 36.3 Å². The van der Waals surface area contributed by atoms with Crippen LogP contribution < -0.4 is 14.2 Å². The number of aliphatic hydroxyl groups excluding tert-OH is 1. The SMILES string of the molecule is COc1cc([C@@H](O)[C@H](CC2Cc3ccccc3C2)Cn2ccc(CC(C)C(=O)NS(C)(=O)=O)c2)cc(OC)c1C. The summed E-state index contributed by atoms with van der Waals surface area (Å²) in [5.74, 6) is 0.641. The Labute approximate surface area is 237 Å². The van der Waals surface area contributed by atoms with Crippen LogP contribution in [0.25, 0.3) is 0 Å². The van der Waals surface area contributed by atoms with Crippen molar-refractivity contribution in [3.8, 4) is 11.5 Å². The number of nitrogens with one attached hydrogen (secondary N) is 1. The zero-order valence-electron chi connectivity index (χ0n) is 23.9. The first-order valence-corrected chi connectivity index (χ1v) is 15.5. The molecule has 1 aliphatic rings. The molecule has 3 atom stereocenters. The lowest BCUT2D eigenvalue weighted by atomic mass is 9.85. The van der Waals surface area contributed by atoms with Gasteiger partial charge in [-0.3, -0.25) is 9.52 Å². The van der Waals surface area contributed by atoms with Gasteiger partial charge in [0.25, 0.3) is 0 Å². The summed E-state index contributed by atoms with van der Waals surface area (Å²) in [5.41, 5.74) is 5.32. The van der Waals surface area contributed by atoms with E-state index < -0.39 is 28.0 Å². The Balaban J connectivity index is 1.55.